The highest BCUT2D eigenvalue weighted by Gasteiger charge is 2.34. The van der Waals surface area contributed by atoms with Crippen LogP contribution in [0.1, 0.15) is 16.7 Å². The monoisotopic (exact) mass is 496 g/mol. The van der Waals surface area contributed by atoms with Gasteiger partial charge in [0.2, 0.25) is 9.70 Å². The smallest absolute Gasteiger partial charge is 0.245 e. The second-order valence-electron chi connectivity index (χ2n) is 7.26. The summed E-state index contributed by atoms with van der Waals surface area (Å²) in [6.07, 6.45) is 3.03. The summed E-state index contributed by atoms with van der Waals surface area (Å²) < 4.78 is -1.83. The highest BCUT2D eigenvalue weighted by atomic mass is 35.6. The first-order valence-corrected chi connectivity index (χ1v) is 11.2. The molecule has 1 unspecified atom stereocenters. The van der Waals surface area contributed by atoms with Crippen LogP contribution in [0.5, 0.6) is 0 Å². The van der Waals surface area contributed by atoms with Gasteiger partial charge in [-0.2, -0.15) is 0 Å². The molecular weight excluding hydrogens is 475 g/mol. The number of alkyl halides is 3. The molecule has 0 aromatic heterocycles. The molecule has 9 heteroatoms. The minimum Gasteiger partial charge on any atom is -0.372 e. The Balaban J connectivity index is 1.67. The normalized spacial score (nSPS) is 14.3. The lowest BCUT2D eigenvalue weighted by Crippen LogP contribution is -2.55. The van der Waals surface area contributed by atoms with Crippen LogP contribution in [0.2, 0.25) is 0 Å². The Kier molecular flexibility index (Phi) is 7.70. The van der Waals surface area contributed by atoms with Gasteiger partial charge in [-0.1, -0.05) is 71.2 Å². The summed E-state index contributed by atoms with van der Waals surface area (Å²) in [4.78, 5) is 14.6. The Labute approximate surface area is 202 Å². The summed E-state index contributed by atoms with van der Waals surface area (Å²) in [5.74, 6) is -0.421. The third kappa shape index (κ3) is 6.26. The molecule has 1 atom stereocenters. The molecule has 0 saturated carbocycles. The summed E-state index contributed by atoms with van der Waals surface area (Å²) >= 11 is 23.7. The molecule has 3 rings (SSSR count). The second-order valence-corrected chi connectivity index (χ2v) is 10.0. The number of para-hydroxylation sites is 1. The van der Waals surface area contributed by atoms with Crippen molar-refractivity contribution in [3.8, 4) is 0 Å². The fourth-order valence-electron chi connectivity index (χ4n) is 3.36. The molecular formula is C22H23Cl3N4OS. The maximum atomic E-state index is 12.4. The van der Waals surface area contributed by atoms with E-state index in [1.54, 1.807) is 6.08 Å². The van der Waals surface area contributed by atoms with Gasteiger partial charge in [-0.3, -0.25) is 4.79 Å². The molecule has 0 radical (unpaired) electrons. The Bertz CT molecular complexity index is 1010. The fraction of sp³-hybridized carbons (Fsp3) is 0.273. The van der Waals surface area contributed by atoms with E-state index in [-0.39, 0.29) is 5.11 Å². The summed E-state index contributed by atoms with van der Waals surface area (Å²) in [6, 6.07) is 13.7. The van der Waals surface area contributed by atoms with Crippen molar-refractivity contribution in [3.63, 3.8) is 0 Å². The number of nitrogens with one attached hydrogen (secondary N) is 3. The summed E-state index contributed by atoms with van der Waals surface area (Å²) in [7, 11) is 2.03. The number of halogens is 3. The Morgan fingerprint density at radius 3 is 2.61 bits per heavy atom. The number of fused-ring (bicyclic) bond motifs is 1. The Morgan fingerprint density at radius 1 is 1.16 bits per heavy atom. The van der Waals surface area contributed by atoms with Crippen molar-refractivity contribution in [1.82, 2.24) is 10.6 Å². The molecule has 1 amide bonds. The molecule has 0 aliphatic carbocycles. The average Bonchev–Trinajstić information content (AvgIpc) is 3.08. The maximum Gasteiger partial charge on any atom is 0.245 e. The van der Waals surface area contributed by atoms with Crippen molar-refractivity contribution in [2.45, 2.75) is 23.3 Å². The van der Waals surface area contributed by atoms with Gasteiger partial charge in [-0.15, -0.1) is 0 Å². The van der Waals surface area contributed by atoms with E-state index in [0.717, 1.165) is 35.5 Å². The molecule has 2 aromatic rings. The second kappa shape index (κ2) is 10.1. The minimum absolute atomic E-state index is 0.230. The van der Waals surface area contributed by atoms with Crippen molar-refractivity contribution in [2.24, 2.45) is 0 Å². The number of carbonyl (C=O) groups excluding carboxylic acids is 1. The molecule has 2 aromatic carbocycles. The Morgan fingerprint density at radius 2 is 1.90 bits per heavy atom. The van der Waals surface area contributed by atoms with Gasteiger partial charge in [0, 0.05) is 19.7 Å². The van der Waals surface area contributed by atoms with Crippen LogP contribution in [-0.4, -0.2) is 34.6 Å². The standard InChI is InChI=1S/C22H23Cl3N4OS/c1-14-6-3-4-7-15(14)10-11-18(30)27-20(22(23,24)25)28-21(31)26-17-9-5-8-16-12-13-29(2)19(16)17/h3-11,20H,12-13H2,1-2H3,(H,27,30)(H2,26,28,31)/b11-10+. The molecule has 1 aliphatic heterocycles. The van der Waals surface area contributed by atoms with Gasteiger partial charge in [0.25, 0.3) is 0 Å². The van der Waals surface area contributed by atoms with E-state index in [1.807, 2.05) is 50.4 Å². The van der Waals surface area contributed by atoms with E-state index < -0.39 is 15.9 Å². The number of benzene rings is 2. The average molecular weight is 498 g/mol. The lowest BCUT2D eigenvalue weighted by atomic mass is 10.1. The molecule has 0 bridgehead atoms. The van der Waals surface area contributed by atoms with Crippen LogP contribution in [0.4, 0.5) is 11.4 Å². The highest BCUT2D eigenvalue weighted by molar-refractivity contribution is 7.80. The number of likely N-dealkylation sites (N-methyl/N-ethyl adjacent to an activating group) is 1. The molecule has 31 heavy (non-hydrogen) atoms. The number of rotatable bonds is 5. The molecule has 1 aliphatic rings. The van der Waals surface area contributed by atoms with Gasteiger partial charge < -0.3 is 20.9 Å². The number of anilines is 2. The molecule has 3 N–H and O–H groups in total. The van der Waals surface area contributed by atoms with Gasteiger partial charge in [-0.05, 0) is 54.4 Å². The number of thiocarbonyl (C=S) groups is 1. The SMILES string of the molecule is Cc1ccccc1/C=C/C(=O)NC(NC(=S)Nc1cccc2c1N(C)CC2)C(Cl)(Cl)Cl. The van der Waals surface area contributed by atoms with E-state index in [4.69, 9.17) is 47.0 Å². The lowest BCUT2D eigenvalue weighted by molar-refractivity contribution is -0.117. The van der Waals surface area contributed by atoms with Gasteiger partial charge >= 0.3 is 0 Å². The number of hydrogen-bond acceptors (Lipinski definition) is 3. The summed E-state index contributed by atoms with van der Waals surface area (Å²) in [6.45, 7) is 2.90. The van der Waals surface area contributed by atoms with Crippen molar-refractivity contribution in [1.29, 1.82) is 0 Å². The number of carbonyl (C=O) groups is 1. The van der Waals surface area contributed by atoms with Crippen molar-refractivity contribution in [3.05, 3.63) is 65.2 Å². The third-order valence-electron chi connectivity index (χ3n) is 4.96. The first kappa shape index (κ1) is 23.7. The molecule has 0 saturated heterocycles. The zero-order valence-corrected chi connectivity index (χ0v) is 20.2. The van der Waals surface area contributed by atoms with Crippen molar-refractivity contribution in [2.75, 3.05) is 23.8 Å². The molecule has 164 valence electrons. The van der Waals surface area contributed by atoms with Crippen LogP contribution >= 0.6 is 47.0 Å². The van der Waals surface area contributed by atoms with Crippen LogP contribution in [0, 0.1) is 6.92 Å². The first-order chi connectivity index (χ1) is 14.6. The number of hydrogen-bond donors (Lipinski definition) is 3. The van der Waals surface area contributed by atoms with Crippen LogP contribution in [0.15, 0.2) is 48.5 Å². The molecule has 0 fully saturated rings. The highest BCUT2D eigenvalue weighted by Crippen LogP contribution is 2.34. The Hall–Kier alpha value is -1.99. The van der Waals surface area contributed by atoms with Crippen LogP contribution in [0.25, 0.3) is 6.08 Å². The minimum atomic E-state index is -1.83. The predicted molar refractivity (Wildman–Crippen MR) is 135 cm³/mol. The van der Waals surface area contributed by atoms with Gasteiger partial charge in [0.05, 0.1) is 11.4 Å². The number of aryl methyl sites for hydroxylation is 1. The van der Waals surface area contributed by atoms with Crippen molar-refractivity contribution >= 4 is 75.5 Å². The van der Waals surface area contributed by atoms with Gasteiger partial charge in [-0.25, -0.2) is 0 Å². The van der Waals surface area contributed by atoms with Gasteiger partial charge in [0.1, 0.15) is 6.17 Å². The van der Waals surface area contributed by atoms with Crippen LogP contribution in [0.3, 0.4) is 0 Å². The predicted octanol–water partition coefficient (Wildman–Crippen LogP) is 4.80. The van der Waals surface area contributed by atoms with E-state index in [9.17, 15) is 4.79 Å². The topological polar surface area (TPSA) is 56.4 Å². The van der Waals surface area contributed by atoms with Crippen LogP contribution < -0.4 is 20.9 Å². The first-order valence-electron chi connectivity index (χ1n) is 9.66. The quantitative estimate of drug-likeness (QED) is 0.240. The van der Waals surface area contributed by atoms with Crippen LogP contribution in [-0.2, 0) is 11.2 Å². The van der Waals surface area contributed by atoms with E-state index >= 15 is 0 Å². The van der Waals surface area contributed by atoms with E-state index in [2.05, 4.69) is 26.9 Å². The number of nitrogens with zero attached hydrogens (tertiary/aromatic N) is 1. The maximum absolute atomic E-state index is 12.4. The van der Waals surface area contributed by atoms with Crippen molar-refractivity contribution < 1.29 is 4.79 Å². The van der Waals surface area contributed by atoms with E-state index in [0.29, 0.717) is 0 Å². The summed E-state index contributed by atoms with van der Waals surface area (Å²) in [5.41, 5.74) is 5.15. The summed E-state index contributed by atoms with van der Waals surface area (Å²) in [5, 5.41) is 8.92. The lowest BCUT2D eigenvalue weighted by Gasteiger charge is -2.28. The van der Waals surface area contributed by atoms with Gasteiger partial charge in [0.15, 0.2) is 5.11 Å². The largest absolute Gasteiger partial charge is 0.372 e. The molecule has 5 nitrogen and oxygen atoms in total. The fourth-order valence-corrected chi connectivity index (χ4v) is 3.92. The molecule has 0 spiro atoms. The zero-order chi connectivity index (χ0) is 22.6. The number of amides is 1. The van der Waals surface area contributed by atoms with E-state index in [1.165, 1.54) is 11.6 Å². The zero-order valence-electron chi connectivity index (χ0n) is 17.1. The third-order valence-corrected chi connectivity index (χ3v) is 5.83. The molecule has 1 heterocycles.